The van der Waals surface area contributed by atoms with Crippen LogP contribution in [0.5, 0.6) is 0 Å². The lowest BCUT2D eigenvalue weighted by Gasteiger charge is -2.51. The molecule has 0 radical (unpaired) electrons. The van der Waals surface area contributed by atoms with Crippen LogP contribution in [0.2, 0.25) is 0 Å². The van der Waals surface area contributed by atoms with Gasteiger partial charge in [0.2, 0.25) is 0 Å². The van der Waals surface area contributed by atoms with Crippen molar-refractivity contribution in [2.45, 2.75) is 32.6 Å². The summed E-state index contributed by atoms with van der Waals surface area (Å²) >= 11 is 0. The fraction of sp³-hybridized carbons (Fsp3) is 0.583. The Hall–Kier alpha value is -0.850. The number of carbonyl (C=O) groups is 1. The van der Waals surface area contributed by atoms with Gasteiger partial charge in [-0.15, -0.1) is 0 Å². The van der Waals surface area contributed by atoms with Gasteiger partial charge >= 0.3 is 0 Å². The Morgan fingerprint density at radius 1 is 1.38 bits per heavy atom. The summed E-state index contributed by atoms with van der Waals surface area (Å²) in [4.78, 5) is 11.8. The summed E-state index contributed by atoms with van der Waals surface area (Å²) in [6.07, 6.45) is 8.79. The number of ketones is 1. The Morgan fingerprint density at radius 2 is 2.15 bits per heavy atom. The van der Waals surface area contributed by atoms with E-state index in [1.165, 1.54) is 5.57 Å². The molecule has 1 heteroatoms. The maximum atomic E-state index is 11.8. The minimum absolute atomic E-state index is 0.0387. The van der Waals surface area contributed by atoms with Crippen LogP contribution in [0.25, 0.3) is 0 Å². The average molecular weight is 174 g/mol. The molecule has 2 bridgehead atoms. The van der Waals surface area contributed by atoms with Gasteiger partial charge in [0.15, 0.2) is 0 Å². The van der Waals surface area contributed by atoms with E-state index < -0.39 is 0 Å². The van der Waals surface area contributed by atoms with Gasteiger partial charge in [0, 0.05) is 11.3 Å². The Labute approximate surface area is 78.5 Å². The average Bonchev–Trinajstić information content (AvgIpc) is 2.17. The first kappa shape index (κ1) is 7.54. The van der Waals surface area contributed by atoms with Gasteiger partial charge < -0.3 is 0 Å². The molecular weight excluding hydrogens is 160 g/mol. The minimum atomic E-state index is -0.0387. The Bertz CT molecular complexity index is 348. The maximum Gasteiger partial charge on any atom is 0.146 e. The van der Waals surface area contributed by atoms with Gasteiger partial charge in [0.1, 0.15) is 5.78 Å². The first-order valence-corrected chi connectivity index (χ1v) is 5.12. The summed E-state index contributed by atoms with van der Waals surface area (Å²) in [5.41, 5.74) is 2.99. The predicted octanol–water partition coefficient (Wildman–Crippen LogP) is 2.63. The summed E-state index contributed by atoms with van der Waals surface area (Å²) < 4.78 is 0. The van der Waals surface area contributed by atoms with Crippen molar-refractivity contribution in [2.75, 3.05) is 0 Å². The molecule has 0 aliphatic heterocycles. The summed E-state index contributed by atoms with van der Waals surface area (Å²) in [6.45, 7) is 2.14. The van der Waals surface area contributed by atoms with Crippen molar-refractivity contribution in [1.29, 1.82) is 0 Å². The lowest BCUT2D eigenvalue weighted by atomic mass is 9.50. The lowest BCUT2D eigenvalue weighted by molar-refractivity contribution is -0.143. The van der Waals surface area contributed by atoms with Gasteiger partial charge in [0.25, 0.3) is 0 Å². The van der Waals surface area contributed by atoms with Crippen LogP contribution >= 0.6 is 0 Å². The highest BCUT2D eigenvalue weighted by atomic mass is 16.1. The summed E-state index contributed by atoms with van der Waals surface area (Å²) in [7, 11) is 0. The quantitative estimate of drug-likeness (QED) is 0.516. The second-order valence-corrected chi connectivity index (χ2v) is 4.76. The van der Waals surface area contributed by atoms with Crippen molar-refractivity contribution in [3.63, 3.8) is 0 Å². The molecule has 2 unspecified atom stereocenters. The van der Waals surface area contributed by atoms with Crippen molar-refractivity contribution in [2.24, 2.45) is 11.3 Å². The molecule has 4 aliphatic carbocycles. The molecule has 0 aromatic carbocycles. The normalized spacial score (nSPS) is 41.6. The van der Waals surface area contributed by atoms with Gasteiger partial charge in [-0.1, -0.05) is 23.3 Å². The zero-order valence-electron chi connectivity index (χ0n) is 7.97. The number of hydrogen-bond donors (Lipinski definition) is 0. The van der Waals surface area contributed by atoms with Crippen LogP contribution in [-0.2, 0) is 4.79 Å². The van der Waals surface area contributed by atoms with Crippen molar-refractivity contribution in [3.8, 4) is 0 Å². The summed E-state index contributed by atoms with van der Waals surface area (Å²) in [6, 6.07) is 0. The molecule has 1 fully saturated rings. The third kappa shape index (κ3) is 0.756. The molecule has 0 amide bonds. The monoisotopic (exact) mass is 174 g/mol. The molecule has 1 saturated carbocycles. The molecule has 0 saturated heterocycles. The van der Waals surface area contributed by atoms with Crippen LogP contribution < -0.4 is 0 Å². The Morgan fingerprint density at radius 3 is 2.92 bits per heavy atom. The Kier molecular flexibility index (Phi) is 1.24. The van der Waals surface area contributed by atoms with Crippen molar-refractivity contribution < 1.29 is 4.79 Å². The third-order valence-electron chi connectivity index (χ3n) is 4.01. The maximum absolute atomic E-state index is 11.8. The molecule has 0 N–H and O–H groups in total. The fourth-order valence-corrected chi connectivity index (χ4v) is 3.26. The van der Waals surface area contributed by atoms with Gasteiger partial charge in [-0.25, -0.2) is 0 Å². The molecule has 0 aromatic heterocycles. The number of rotatable bonds is 0. The first-order chi connectivity index (χ1) is 6.22. The van der Waals surface area contributed by atoms with E-state index in [2.05, 4.69) is 19.1 Å². The van der Waals surface area contributed by atoms with Gasteiger partial charge in [0.05, 0.1) is 0 Å². The molecule has 4 aliphatic rings. The second kappa shape index (κ2) is 2.14. The molecule has 0 heterocycles. The van der Waals surface area contributed by atoms with Gasteiger partial charge in [-0.05, 0) is 32.6 Å². The fourth-order valence-electron chi connectivity index (χ4n) is 3.26. The predicted molar refractivity (Wildman–Crippen MR) is 51.2 cm³/mol. The van der Waals surface area contributed by atoms with E-state index in [-0.39, 0.29) is 5.41 Å². The number of carbonyl (C=O) groups excluding carboxylic acids is 1. The zero-order chi connectivity index (χ0) is 9.05. The highest BCUT2D eigenvalue weighted by Gasteiger charge is 2.55. The lowest BCUT2D eigenvalue weighted by Crippen LogP contribution is -2.51. The first-order valence-electron chi connectivity index (χ1n) is 5.12. The number of Topliss-reactive ketones (excluding diaryl/α,β-unsaturated/α-hetero) is 1. The van der Waals surface area contributed by atoms with E-state index in [0.29, 0.717) is 11.7 Å². The van der Waals surface area contributed by atoms with Crippen molar-refractivity contribution in [1.82, 2.24) is 0 Å². The SMILES string of the molecule is CC12CC(CC3=C1CC=CC3)C2=O. The second-order valence-electron chi connectivity index (χ2n) is 4.76. The van der Waals surface area contributed by atoms with Crippen molar-refractivity contribution >= 4 is 5.78 Å². The van der Waals surface area contributed by atoms with Crippen LogP contribution in [-0.4, -0.2) is 5.78 Å². The highest BCUT2D eigenvalue weighted by Crippen LogP contribution is 2.57. The molecule has 0 aromatic rings. The minimum Gasteiger partial charge on any atom is -0.298 e. The van der Waals surface area contributed by atoms with Gasteiger partial charge in [-0.3, -0.25) is 4.79 Å². The zero-order valence-corrected chi connectivity index (χ0v) is 7.97. The highest BCUT2D eigenvalue weighted by molar-refractivity contribution is 5.97. The van der Waals surface area contributed by atoms with E-state index >= 15 is 0 Å². The molecule has 2 atom stereocenters. The summed E-state index contributed by atoms with van der Waals surface area (Å²) in [5.74, 6) is 0.900. The van der Waals surface area contributed by atoms with E-state index in [9.17, 15) is 4.79 Å². The number of hydrogen-bond acceptors (Lipinski definition) is 1. The molecule has 1 nitrogen and oxygen atoms in total. The largest absolute Gasteiger partial charge is 0.298 e. The van der Waals surface area contributed by atoms with Crippen LogP contribution in [0.3, 0.4) is 0 Å². The summed E-state index contributed by atoms with van der Waals surface area (Å²) in [5, 5.41) is 0. The van der Waals surface area contributed by atoms with E-state index in [4.69, 9.17) is 0 Å². The topological polar surface area (TPSA) is 17.1 Å². The van der Waals surface area contributed by atoms with Crippen LogP contribution in [0, 0.1) is 11.3 Å². The molecule has 0 spiro atoms. The van der Waals surface area contributed by atoms with Crippen molar-refractivity contribution in [3.05, 3.63) is 23.3 Å². The van der Waals surface area contributed by atoms with E-state index in [1.807, 2.05) is 0 Å². The standard InChI is InChI=1S/C12H14O/c1-12-7-9(11(12)13)6-8-4-2-3-5-10(8)12/h2-3,9H,4-7H2,1H3. The van der Waals surface area contributed by atoms with E-state index in [0.717, 1.165) is 25.7 Å². The van der Waals surface area contributed by atoms with Crippen LogP contribution in [0.4, 0.5) is 0 Å². The van der Waals surface area contributed by atoms with Gasteiger partial charge in [-0.2, -0.15) is 0 Å². The smallest absolute Gasteiger partial charge is 0.146 e. The van der Waals surface area contributed by atoms with Crippen LogP contribution in [0.1, 0.15) is 32.6 Å². The van der Waals surface area contributed by atoms with Crippen LogP contribution in [0.15, 0.2) is 23.3 Å². The Balaban J connectivity index is 2.08. The molecule has 13 heavy (non-hydrogen) atoms. The third-order valence-corrected chi connectivity index (χ3v) is 4.01. The number of allylic oxidation sites excluding steroid dienone is 4. The molecular formula is C12H14O. The van der Waals surface area contributed by atoms with E-state index in [1.54, 1.807) is 5.57 Å². The molecule has 4 rings (SSSR count). The molecule has 68 valence electrons.